The number of benzene rings is 1. The van der Waals surface area contributed by atoms with E-state index in [4.69, 9.17) is 4.74 Å². The van der Waals surface area contributed by atoms with Gasteiger partial charge in [-0.1, -0.05) is 11.6 Å². The first-order valence-electron chi connectivity index (χ1n) is 6.59. The van der Waals surface area contributed by atoms with Crippen LogP contribution in [-0.2, 0) is 4.74 Å². The molecule has 4 nitrogen and oxygen atoms in total. The van der Waals surface area contributed by atoms with Crippen molar-refractivity contribution < 1.29 is 14.6 Å². The van der Waals surface area contributed by atoms with Crippen LogP contribution in [0.2, 0.25) is 0 Å². The SMILES string of the molecule is COC1(C)CCCN(c2ccc(C)cc2C(=O)O)C1. The fourth-order valence-electron chi connectivity index (χ4n) is 2.67. The number of rotatable bonds is 3. The maximum Gasteiger partial charge on any atom is 0.337 e. The summed E-state index contributed by atoms with van der Waals surface area (Å²) >= 11 is 0. The molecule has 0 saturated carbocycles. The molecule has 1 atom stereocenters. The van der Waals surface area contributed by atoms with Gasteiger partial charge in [-0.25, -0.2) is 4.79 Å². The molecule has 0 aliphatic carbocycles. The molecule has 0 spiro atoms. The van der Waals surface area contributed by atoms with Crippen molar-refractivity contribution in [2.75, 3.05) is 25.1 Å². The van der Waals surface area contributed by atoms with E-state index in [-0.39, 0.29) is 5.60 Å². The first-order valence-corrected chi connectivity index (χ1v) is 6.59. The van der Waals surface area contributed by atoms with Crippen molar-refractivity contribution in [2.45, 2.75) is 32.3 Å². The quantitative estimate of drug-likeness (QED) is 0.911. The van der Waals surface area contributed by atoms with E-state index in [1.807, 2.05) is 19.1 Å². The topological polar surface area (TPSA) is 49.8 Å². The Bertz CT molecular complexity index is 486. The molecular weight excluding hydrogens is 242 g/mol. The molecule has 1 fully saturated rings. The number of aromatic carboxylic acids is 1. The predicted molar refractivity (Wildman–Crippen MR) is 75.0 cm³/mol. The maximum atomic E-state index is 11.4. The molecule has 1 unspecified atom stereocenters. The van der Waals surface area contributed by atoms with E-state index in [9.17, 15) is 9.90 Å². The molecule has 0 amide bonds. The largest absolute Gasteiger partial charge is 0.478 e. The van der Waals surface area contributed by atoms with Crippen LogP contribution in [0.25, 0.3) is 0 Å². The van der Waals surface area contributed by atoms with Crippen molar-refractivity contribution in [3.63, 3.8) is 0 Å². The summed E-state index contributed by atoms with van der Waals surface area (Å²) in [5, 5.41) is 9.35. The van der Waals surface area contributed by atoms with Crippen LogP contribution in [-0.4, -0.2) is 36.9 Å². The summed E-state index contributed by atoms with van der Waals surface area (Å²) in [5.41, 5.74) is 1.94. The molecular formula is C15H21NO3. The Kier molecular flexibility index (Phi) is 3.80. The number of hydrogen-bond donors (Lipinski definition) is 1. The van der Waals surface area contributed by atoms with Crippen LogP contribution < -0.4 is 4.90 Å². The summed E-state index contributed by atoms with van der Waals surface area (Å²) in [5.74, 6) is -0.872. The lowest BCUT2D eigenvalue weighted by atomic mass is 9.93. The second-order valence-corrected chi connectivity index (χ2v) is 5.50. The van der Waals surface area contributed by atoms with E-state index in [1.54, 1.807) is 13.2 Å². The standard InChI is InChI=1S/C15H21NO3/c1-11-5-6-13(12(9-11)14(17)18)16-8-4-7-15(2,10-16)19-3/h5-6,9H,4,7-8,10H2,1-3H3,(H,17,18). The first-order chi connectivity index (χ1) is 8.95. The van der Waals surface area contributed by atoms with Crippen LogP contribution in [0.5, 0.6) is 0 Å². The number of carboxylic acid groups (broad SMARTS) is 1. The Balaban J connectivity index is 2.33. The molecule has 0 aromatic heterocycles. The van der Waals surface area contributed by atoms with Crippen molar-refractivity contribution >= 4 is 11.7 Å². The summed E-state index contributed by atoms with van der Waals surface area (Å²) in [6, 6.07) is 5.59. The van der Waals surface area contributed by atoms with Crippen molar-refractivity contribution in [3.05, 3.63) is 29.3 Å². The monoisotopic (exact) mass is 263 g/mol. The van der Waals surface area contributed by atoms with Crippen LogP contribution in [0.15, 0.2) is 18.2 Å². The summed E-state index contributed by atoms with van der Waals surface area (Å²) in [4.78, 5) is 13.5. The van der Waals surface area contributed by atoms with E-state index >= 15 is 0 Å². The molecule has 1 aromatic carbocycles. The number of piperidine rings is 1. The Morgan fingerprint density at radius 1 is 1.47 bits per heavy atom. The number of methoxy groups -OCH3 is 1. The zero-order valence-corrected chi connectivity index (χ0v) is 11.8. The van der Waals surface area contributed by atoms with Gasteiger partial charge < -0.3 is 14.7 Å². The third kappa shape index (κ3) is 2.89. The zero-order valence-electron chi connectivity index (χ0n) is 11.8. The Labute approximate surface area is 114 Å². The number of carbonyl (C=O) groups is 1. The Morgan fingerprint density at radius 3 is 2.84 bits per heavy atom. The Hall–Kier alpha value is -1.55. The number of aryl methyl sites for hydroxylation is 1. The highest BCUT2D eigenvalue weighted by molar-refractivity contribution is 5.94. The number of anilines is 1. The first kappa shape index (κ1) is 13.9. The lowest BCUT2D eigenvalue weighted by Gasteiger charge is -2.41. The van der Waals surface area contributed by atoms with Crippen LogP contribution in [0.4, 0.5) is 5.69 Å². The molecule has 0 bridgehead atoms. The Morgan fingerprint density at radius 2 is 2.21 bits per heavy atom. The molecule has 0 radical (unpaired) electrons. The van der Waals surface area contributed by atoms with Crippen LogP contribution in [0.1, 0.15) is 35.7 Å². The summed E-state index contributed by atoms with van der Waals surface area (Å²) < 4.78 is 5.57. The zero-order chi connectivity index (χ0) is 14.0. The van der Waals surface area contributed by atoms with Crippen molar-refractivity contribution in [1.29, 1.82) is 0 Å². The predicted octanol–water partition coefficient (Wildman–Crippen LogP) is 2.70. The molecule has 4 heteroatoms. The highest BCUT2D eigenvalue weighted by Gasteiger charge is 2.32. The maximum absolute atomic E-state index is 11.4. The smallest absolute Gasteiger partial charge is 0.337 e. The number of ether oxygens (including phenoxy) is 1. The average molecular weight is 263 g/mol. The van der Waals surface area contributed by atoms with Crippen LogP contribution in [0, 0.1) is 6.92 Å². The number of hydrogen-bond acceptors (Lipinski definition) is 3. The molecule has 19 heavy (non-hydrogen) atoms. The molecule has 104 valence electrons. The number of nitrogens with zero attached hydrogens (tertiary/aromatic N) is 1. The second-order valence-electron chi connectivity index (χ2n) is 5.50. The van der Waals surface area contributed by atoms with Gasteiger partial charge in [-0.3, -0.25) is 0 Å². The minimum absolute atomic E-state index is 0.196. The van der Waals surface area contributed by atoms with Crippen molar-refractivity contribution in [3.8, 4) is 0 Å². The van der Waals surface area contributed by atoms with Crippen molar-refractivity contribution in [2.24, 2.45) is 0 Å². The van der Waals surface area contributed by atoms with Crippen LogP contribution >= 0.6 is 0 Å². The van der Waals surface area contributed by atoms with Gasteiger partial charge in [0.1, 0.15) is 0 Å². The third-order valence-corrected chi connectivity index (χ3v) is 3.87. The highest BCUT2D eigenvalue weighted by atomic mass is 16.5. The normalized spacial score (nSPS) is 23.4. The van der Waals surface area contributed by atoms with Gasteiger partial charge in [0, 0.05) is 20.2 Å². The van der Waals surface area contributed by atoms with Gasteiger partial charge in [0.15, 0.2) is 0 Å². The third-order valence-electron chi connectivity index (χ3n) is 3.87. The second kappa shape index (κ2) is 5.21. The van der Waals surface area contributed by atoms with E-state index in [0.717, 1.165) is 37.2 Å². The van der Waals surface area contributed by atoms with E-state index in [2.05, 4.69) is 11.8 Å². The van der Waals surface area contributed by atoms with Gasteiger partial charge in [0.2, 0.25) is 0 Å². The fourth-order valence-corrected chi connectivity index (χ4v) is 2.67. The molecule has 1 aliphatic heterocycles. The molecule has 1 N–H and O–H groups in total. The van der Waals surface area contributed by atoms with Gasteiger partial charge in [0.05, 0.1) is 16.9 Å². The van der Waals surface area contributed by atoms with Gasteiger partial charge in [0.25, 0.3) is 0 Å². The van der Waals surface area contributed by atoms with Crippen LogP contribution in [0.3, 0.4) is 0 Å². The molecule has 2 rings (SSSR count). The fraction of sp³-hybridized carbons (Fsp3) is 0.533. The molecule has 1 saturated heterocycles. The van der Waals surface area contributed by atoms with E-state index in [1.165, 1.54) is 0 Å². The van der Waals surface area contributed by atoms with E-state index in [0.29, 0.717) is 5.56 Å². The lowest BCUT2D eigenvalue weighted by molar-refractivity contribution is -0.00472. The molecule has 1 aromatic rings. The van der Waals surface area contributed by atoms with Gasteiger partial charge >= 0.3 is 5.97 Å². The summed E-state index contributed by atoms with van der Waals surface area (Å²) in [6.45, 7) is 5.59. The summed E-state index contributed by atoms with van der Waals surface area (Å²) in [7, 11) is 1.72. The highest BCUT2D eigenvalue weighted by Crippen LogP contribution is 2.30. The number of carboxylic acids is 1. The van der Waals surface area contributed by atoms with E-state index < -0.39 is 5.97 Å². The van der Waals surface area contributed by atoms with Gasteiger partial charge in [-0.15, -0.1) is 0 Å². The minimum atomic E-state index is -0.872. The molecule has 1 heterocycles. The average Bonchev–Trinajstić information content (AvgIpc) is 2.38. The van der Waals surface area contributed by atoms with Crippen molar-refractivity contribution in [1.82, 2.24) is 0 Å². The minimum Gasteiger partial charge on any atom is -0.478 e. The van der Waals surface area contributed by atoms with Gasteiger partial charge in [-0.2, -0.15) is 0 Å². The lowest BCUT2D eigenvalue weighted by Crippen LogP contribution is -2.47. The van der Waals surface area contributed by atoms with Gasteiger partial charge in [-0.05, 0) is 38.8 Å². The summed E-state index contributed by atoms with van der Waals surface area (Å²) in [6.07, 6.45) is 2.02. The molecule has 1 aliphatic rings.